The Labute approximate surface area is 71.0 Å². The van der Waals surface area contributed by atoms with Crippen LogP contribution >= 0.6 is 27.5 Å². The smallest absolute Gasteiger partial charge is 0.235 e. The highest BCUT2D eigenvalue weighted by atomic mass is 79.9. The Balaban J connectivity index is 2.77. The average Bonchev–Trinajstić information content (AvgIpc) is 2.36. The van der Waals surface area contributed by atoms with Crippen LogP contribution in [0.25, 0.3) is 0 Å². The van der Waals surface area contributed by atoms with Crippen LogP contribution in [0.2, 0.25) is 0 Å². The summed E-state index contributed by atoms with van der Waals surface area (Å²) < 4.78 is 1.33. The van der Waals surface area contributed by atoms with Crippen molar-refractivity contribution in [2.75, 3.05) is 3.93 Å². The minimum atomic E-state index is -0.0741. The van der Waals surface area contributed by atoms with Crippen LogP contribution in [0, 0.1) is 0 Å². The normalized spacial score (nSPS) is 9.40. The molecule has 0 bridgehead atoms. The SMILES string of the molecule is CC(=O)N(Br)c1nccs1. The van der Waals surface area contributed by atoms with Crippen LogP contribution < -0.4 is 3.93 Å². The van der Waals surface area contributed by atoms with Crippen molar-refractivity contribution in [1.82, 2.24) is 4.98 Å². The first-order chi connectivity index (χ1) is 4.72. The molecule has 3 nitrogen and oxygen atoms in total. The van der Waals surface area contributed by atoms with Crippen molar-refractivity contribution in [3.8, 4) is 0 Å². The van der Waals surface area contributed by atoms with E-state index in [1.54, 1.807) is 6.20 Å². The van der Waals surface area contributed by atoms with Gasteiger partial charge in [0.2, 0.25) is 11.0 Å². The van der Waals surface area contributed by atoms with E-state index in [9.17, 15) is 4.79 Å². The zero-order chi connectivity index (χ0) is 7.56. The number of halogens is 1. The molecule has 1 aromatic heterocycles. The highest BCUT2D eigenvalue weighted by Gasteiger charge is 2.08. The Kier molecular flexibility index (Phi) is 2.39. The van der Waals surface area contributed by atoms with Crippen molar-refractivity contribution in [2.45, 2.75) is 6.92 Å². The van der Waals surface area contributed by atoms with E-state index in [0.717, 1.165) is 0 Å². The molecule has 5 heteroatoms. The summed E-state index contributed by atoms with van der Waals surface area (Å²) in [5.74, 6) is -0.0741. The molecule has 0 saturated carbocycles. The molecule has 10 heavy (non-hydrogen) atoms. The summed E-state index contributed by atoms with van der Waals surface area (Å²) in [4.78, 5) is 14.6. The van der Waals surface area contributed by atoms with Crippen LogP contribution in [-0.4, -0.2) is 10.9 Å². The molecule has 54 valence electrons. The summed E-state index contributed by atoms with van der Waals surface area (Å²) in [6.45, 7) is 1.47. The predicted molar refractivity (Wildman–Crippen MR) is 44.2 cm³/mol. The van der Waals surface area contributed by atoms with Crippen molar-refractivity contribution in [3.63, 3.8) is 0 Å². The summed E-state index contributed by atoms with van der Waals surface area (Å²) in [6, 6.07) is 0. The maximum atomic E-state index is 10.7. The van der Waals surface area contributed by atoms with E-state index in [2.05, 4.69) is 21.1 Å². The van der Waals surface area contributed by atoms with E-state index in [1.807, 2.05) is 5.38 Å². The fourth-order valence-corrected chi connectivity index (χ4v) is 1.38. The summed E-state index contributed by atoms with van der Waals surface area (Å²) in [6.07, 6.45) is 1.65. The van der Waals surface area contributed by atoms with Crippen LogP contribution in [-0.2, 0) is 4.79 Å². The maximum absolute atomic E-state index is 10.7. The van der Waals surface area contributed by atoms with Gasteiger partial charge in [-0.2, -0.15) is 0 Å². The lowest BCUT2D eigenvalue weighted by molar-refractivity contribution is -0.115. The van der Waals surface area contributed by atoms with Crippen LogP contribution in [0.1, 0.15) is 6.92 Å². The second kappa shape index (κ2) is 3.12. The Morgan fingerprint density at radius 2 is 2.60 bits per heavy atom. The molecule has 0 atom stereocenters. The van der Waals surface area contributed by atoms with Gasteiger partial charge in [-0.25, -0.2) is 8.91 Å². The van der Waals surface area contributed by atoms with Gasteiger partial charge in [-0.05, 0) is 0 Å². The van der Waals surface area contributed by atoms with Crippen LogP contribution in [0.5, 0.6) is 0 Å². The van der Waals surface area contributed by atoms with Gasteiger partial charge in [-0.3, -0.25) is 4.79 Å². The fourth-order valence-electron chi connectivity index (χ4n) is 0.448. The molecule has 0 aliphatic carbocycles. The number of anilines is 1. The van der Waals surface area contributed by atoms with Crippen molar-refractivity contribution in [2.24, 2.45) is 0 Å². The third-order valence-corrected chi connectivity index (χ3v) is 2.69. The molecule has 0 radical (unpaired) electrons. The van der Waals surface area contributed by atoms with E-state index in [4.69, 9.17) is 0 Å². The van der Waals surface area contributed by atoms with Crippen LogP contribution in [0.4, 0.5) is 5.13 Å². The monoisotopic (exact) mass is 220 g/mol. The molecule has 1 rings (SSSR count). The topological polar surface area (TPSA) is 33.2 Å². The van der Waals surface area contributed by atoms with Gasteiger partial charge in [0.15, 0.2) is 0 Å². The number of hydrogen-bond donors (Lipinski definition) is 0. The Bertz CT molecular complexity index is 224. The highest BCUT2D eigenvalue weighted by molar-refractivity contribution is 9.10. The second-order valence-electron chi connectivity index (χ2n) is 1.61. The Morgan fingerprint density at radius 3 is 3.00 bits per heavy atom. The van der Waals surface area contributed by atoms with Crippen molar-refractivity contribution >= 4 is 38.5 Å². The number of amides is 1. The van der Waals surface area contributed by atoms with Crippen LogP contribution in [0.3, 0.4) is 0 Å². The molecule has 0 aliphatic heterocycles. The lowest BCUT2D eigenvalue weighted by Gasteiger charge is -2.05. The van der Waals surface area contributed by atoms with E-state index in [-0.39, 0.29) is 5.91 Å². The second-order valence-corrected chi connectivity index (χ2v) is 3.20. The third kappa shape index (κ3) is 1.54. The van der Waals surface area contributed by atoms with Gasteiger partial charge in [0.25, 0.3) is 0 Å². The number of nitrogens with zero attached hydrogens (tertiary/aromatic N) is 2. The molecule has 1 aromatic rings. The maximum Gasteiger partial charge on any atom is 0.235 e. The van der Waals surface area contributed by atoms with Crippen LogP contribution in [0.15, 0.2) is 11.6 Å². The lowest BCUT2D eigenvalue weighted by Crippen LogP contribution is -2.14. The molecule has 0 spiro atoms. The van der Waals surface area contributed by atoms with E-state index in [1.165, 1.54) is 22.2 Å². The van der Waals surface area contributed by atoms with Crippen molar-refractivity contribution < 1.29 is 4.79 Å². The standard InChI is InChI=1S/C5H5BrN2OS/c1-4(9)8(6)5-7-2-3-10-5/h2-3H,1H3. The first-order valence-corrected chi connectivity index (χ1v) is 4.16. The third-order valence-electron chi connectivity index (χ3n) is 0.864. The molecular formula is C5H5BrN2OS. The first-order valence-electron chi connectivity index (χ1n) is 2.58. The highest BCUT2D eigenvalue weighted by Crippen LogP contribution is 2.20. The molecule has 0 N–H and O–H groups in total. The summed E-state index contributed by atoms with van der Waals surface area (Å²) in [5.41, 5.74) is 0. The number of carbonyl (C=O) groups is 1. The van der Waals surface area contributed by atoms with Gasteiger partial charge in [0.1, 0.15) is 0 Å². The zero-order valence-electron chi connectivity index (χ0n) is 5.24. The van der Waals surface area contributed by atoms with Gasteiger partial charge >= 0.3 is 0 Å². The average molecular weight is 221 g/mol. The van der Waals surface area contributed by atoms with Gasteiger partial charge in [0.05, 0.1) is 16.1 Å². The summed E-state index contributed by atoms with van der Waals surface area (Å²) in [5, 5.41) is 2.47. The van der Waals surface area contributed by atoms with Crippen molar-refractivity contribution in [3.05, 3.63) is 11.6 Å². The minimum Gasteiger partial charge on any atom is -0.274 e. The predicted octanol–water partition coefficient (Wildman–Crippen LogP) is 1.81. The molecule has 0 saturated heterocycles. The number of carbonyl (C=O) groups excluding carboxylic acids is 1. The number of rotatable bonds is 1. The van der Waals surface area contributed by atoms with E-state index < -0.39 is 0 Å². The molecule has 0 aromatic carbocycles. The van der Waals surface area contributed by atoms with Crippen molar-refractivity contribution in [1.29, 1.82) is 0 Å². The molecule has 1 amide bonds. The quantitative estimate of drug-likeness (QED) is 0.677. The largest absolute Gasteiger partial charge is 0.274 e. The number of aromatic nitrogens is 1. The molecule has 0 aliphatic rings. The Morgan fingerprint density at radius 1 is 1.90 bits per heavy atom. The molecule has 1 heterocycles. The van der Waals surface area contributed by atoms with Gasteiger partial charge in [-0.1, -0.05) is 0 Å². The fraction of sp³-hybridized carbons (Fsp3) is 0.200. The minimum absolute atomic E-state index is 0.0741. The number of hydrogen-bond acceptors (Lipinski definition) is 3. The lowest BCUT2D eigenvalue weighted by atomic mass is 10.7. The first kappa shape index (κ1) is 7.68. The molecular weight excluding hydrogens is 216 g/mol. The number of thiazole rings is 1. The zero-order valence-corrected chi connectivity index (χ0v) is 7.65. The molecule has 0 fully saturated rings. The Hall–Kier alpha value is -0.420. The van der Waals surface area contributed by atoms with Gasteiger partial charge in [0, 0.05) is 18.5 Å². The van der Waals surface area contributed by atoms with E-state index in [0.29, 0.717) is 5.13 Å². The summed E-state index contributed by atoms with van der Waals surface area (Å²) in [7, 11) is 0. The van der Waals surface area contributed by atoms with Gasteiger partial charge < -0.3 is 0 Å². The van der Waals surface area contributed by atoms with Gasteiger partial charge in [-0.15, -0.1) is 11.3 Å². The summed E-state index contributed by atoms with van der Waals surface area (Å²) >= 11 is 4.47. The molecule has 0 unspecified atom stereocenters. The van der Waals surface area contributed by atoms with E-state index >= 15 is 0 Å².